The van der Waals surface area contributed by atoms with Crippen LogP contribution in [0.15, 0.2) is 24.3 Å². The van der Waals surface area contributed by atoms with Crippen LogP contribution in [0, 0.1) is 11.6 Å². The summed E-state index contributed by atoms with van der Waals surface area (Å²) >= 11 is 0. The van der Waals surface area contributed by atoms with Gasteiger partial charge in [-0.05, 0) is 23.8 Å². The molecule has 0 aliphatic rings. The van der Waals surface area contributed by atoms with E-state index in [-0.39, 0.29) is 17.9 Å². The van der Waals surface area contributed by atoms with Crippen LogP contribution in [0.3, 0.4) is 0 Å². The lowest BCUT2D eigenvalue weighted by Crippen LogP contribution is -2.15. The van der Waals surface area contributed by atoms with Crippen LogP contribution in [0.2, 0.25) is 0 Å². The number of aromatic nitrogens is 2. The molecule has 0 fully saturated rings. The maximum absolute atomic E-state index is 13.3. The maximum Gasteiger partial charge on any atom is 0.159 e. The van der Waals surface area contributed by atoms with Gasteiger partial charge in [-0.3, -0.25) is 5.10 Å². The molecule has 1 unspecified atom stereocenters. The van der Waals surface area contributed by atoms with E-state index >= 15 is 0 Å². The van der Waals surface area contributed by atoms with Crippen LogP contribution < -0.4 is 5.73 Å². The Labute approximate surface area is 117 Å². The van der Waals surface area contributed by atoms with Crippen LogP contribution in [-0.2, 0) is 5.41 Å². The van der Waals surface area contributed by atoms with Crippen molar-refractivity contribution in [3.8, 4) is 0 Å². The van der Waals surface area contributed by atoms with Crippen LogP contribution in [0.5, 0.6) is 0 Å². The molecule has 3 N–H and O–H groups in total. The molecule has 5 heteroatoms. The summed E-state index contributed by atoms with van der Waals surface area (Å²) < 4.78 is 26.3. The van der Waals surface area contributed by atoms with Crippen molar-refractivity contribution in [3.05, 3.63) is 52.9 Å². The first-order chi connectivity index (χ1) is 9.32. The first kappa shape index (κ1) is 14.7. The van der Waals surface area contributed by atoms with E-state index in [1.807, 2.05) is 6.07 Å². The largest absolute Gasteiger partial charge is 0.329 e. The Morgan fingerprint density at radius 2 is 1.90 bits per heavy atom. The molecule has 0 saturated carbocycles. The fraction of sp³-hybridized carbons (Fsp3) is 0.400. The van der Waals surface area contributed by atoms with Crippen molar-refractivity contribution in [2.75, 3.05) is 6.54 Å². The van der Waals surface area contributed by atoms with Crippen molar-refractivity contribution in [2.45, 2.75) is 32.1 Å². The number of aromatic amines is 1. The molecule has 0 spiro atoms. The highest BCUT2D eigenvalue weighted by Gasteiger charge is 2.22. The minimum absolute atomic E-state index is 0.0814. The van der Waals surface area contributed by atoms with Gasteiger partial charge in [0.1, 0.15) is 0 Å². The number of rotatable bonds is 3. The van der Waals surface area contributed by atoms with E-state index < -0.39 is 11.6 Å². The van der Waals surface area contributed by atoms with Crippen molar-refractivity contribution in [1.82, 2.24) is 10.2 Å². The second kappa shape index (κ2) is 5.32. The van der Waals surface area contributed by atoms with Crippen molar-refractivity contribution in [1.29, 1.82) is 0 Å². The molecule has 0 bridgehead atoms. The quantitative estimate of drug-likeness (QED) is 0.907. The molecule has 2 rings (SSSR count). The highest BCUT2D eigenvalue weighted by atomic mass is 19.2. The summed E-state index contributed by atoms with van der Waals surface area (Å²) in [6, 6.07) is 5.78. The number of nitrogens with two attached hydrogens (primary N) is 1. The summed E-state index contributed by atoms with van der Waals surface area (Å²) in [5.41, 5.74) is 8.05. The Morgan fingerprint density at radius 1 is 1.20 bits per heavy atom. The minimum atomic E-state index is -0.864. The van der Waals surface area contributed by atoms with E-state index in [0.717, 1.165) is 17.5 Å². The molecule has 2 aromatic rings. The minimum Gasteiger partial charge on any atom is -0.329 e. The molecule has 20 heavy (non-hydrogen) atoms. The van der Waals surface area contributed by atoms with Crippen LogP contribution in [0.1, 0.15) is 43.6 Å². The first-order valence-corrected chi connectivity index (χ1v) is 6.53. The molecular formula is C15H19F2N3. The molecule has 1 atom stereocenters. The van der Waals surface area contributed by atoms with Crippen molar-refractivity contribution in [3.63, 3.8) is 0 Å². The molecule has 1 aromatic heterocycles. The highest BCUT2D eigenvalue weighted by molar-refractivity contribution is 5.31. The summed E-state index contributed by atoms with van der Waals surface area (Å²) in [4.78, 5) is 0. The second-order valence-corrected chi connectivity index (χ2v) is 5.92. The fourth-order valence-electron chi connectivity index (χ4n) is 2.07. The van der Waals surface area contributed by atoms with Crippen LogP contribution >= 0.6 is 0 Å². The van der Waals surface area contributed by atoms with Crippen molar-refractivity contribution >= 4 is 0 Å². The predicted octanol–water partition coefficient (Wildman–Crippen LogP) is 3.08. The highest BCUT2D eigenvalue weighted by Crippen LogP contribution is 2.27. The Morgan fingerprint density at radius 3 is 2.40 bits per heavy atom. The molecule has 0 aliphatic carbocycles. The Hall–Kier alpha value is -1.75. The number of hydrogen-bond acceptors (Lipinski definition) is 2. The molecule has 0 saturated heterocycles. The van der Waals surface area contributed by atoms with Gasteiger partial charge in [0.2, 0.25) is 0 Å². The number of H-pyrrole nitrogens is 1. The van der Waals surface area contributed by atoms with Crippen molar-refractivity contribution in [2.24, 2.45) is 5.73 Å². The normalized spacial score (nSPS) is 13.5. The molecule has 3 nitrogen and oxygen atoms in total. The van der Waals surface area contributed by atoms with Crippen LogP contribution in [0.25, 0.3) is 0 Å². The van der Waals surface area contributed by atoms with E-state index in [9.17, 15) is 8.78 Å². The topological polar surface area (TPSA) is 54.7 Å². The monoisotopic (exact) mass is 279 g/mol. The smallest absolute Gasteiger partial charge is 0.159 e. The molecule has 108 valence electrons. The first-order valence-electron chi connectivity index (χ1n) is 6.53. The van der Waals surface area contributed by atoms with Gasteiger partial charge < -0.3 is 5.73 Å². The van der Waals surface area contributed by atoms with Gasteiger partial charge in [0, 0.05) is 23.6 Å². The third kappa shape index (κ3) is 2.88. The molecule has 0 radical (unpaired) electrons. The Balaban J connectivity index is 2.37. The fourth-order valence-corrected chi connectivity index (χ4v) is 2.07. The molecule has 1 heterocycles. The van der Waals surface area contributed by atoms with Gasteiger partial charge in [0.05, 0.1) is 5.69 Å². The van der Waals surface area contributed by atoms with Gasteiger partial charge in [-0.2, -0.15) is 5.10 Å². The molecule has 0 amide bonds. The summed E-state index contributed by atoms with van der Waals surface area (Å²) in [6.07, 6.45) is 0. The Kier molecular flexibility index (Phi) is 3.90. The van der Waals surface area contributed by atoms with Crippen LogP contribution in [-0.4, -0.2) is 16.7 Å². The lowest BCUT2D eigenvalue weighted by molar-refractivity contribution is 0.506. The number of nitrogens with one attached hydrogen (secondary N) is 1. The zero-order valence-corrected chi connectivity index (χ0v) is 11.9. The zero-order chi connectivity index (χ0) is 14.9. The second-order valence-electron chi connectivity index (χ2n) is 5.92. The van der Waals surface area contributed by atoms with E-state index in [1.165, 1.54) is 6.07 Å². The van der Waals surface area contributed by atoms with Gasteiger partial charge in [0.15, 0.2) is 11.6 Å². The average Bonchev–Trinajstić information content (AvgIpc) is 2.84. The lowest BCUT2D eigenvalue weighted by Gasteiger charge is -2.15. The standard InChI is InChI=1S/C15H19F2N3/c1-15(2,3)14-7-13(19-20-14)10(8-18)9-4-5-11(16)12(17)6-9/h4-7,10H,8,18H2,1-3H3,(H,19,20). The van der Waals surface area contributed by atoms with Gasteiger partial charge in [-0.25, -0.2) is 8.78 Å². The zero-order valence-electron chi connectivity index (χ0n) is 11.9. The number of nitrogens with zero attached hydrogens (tertiary/aromatic N) is 1. The van der Waals surface area contributed by atoms with Gasteiger partial charge >= 0.3 is 0 Å². The molecule has 0 aliphatic heterocycles. The van der Waals surface area contributed by atoms with E-state index in [2.05, 4.69) is 31.0 Å². The molecular weight excluding hydrogens is 260 g/mol. The summed E-state index contributed by atoms with van der Waals surface area (Å²) in [6.45, 7) is 6.46. The maximum atomic E-state index is 13.3. The lowest BCUT2D eigenvalue weighted by atomic mass is 9.90. The van der Waals surface area contributed by atoms with E-state index in [0.29, 0.717) is 5.56 Å². The Bertz CT molecular complexity index is 599. The third-order valence-corrected chi connectivity index (χ3v) is 3.32. The van der Waals surface area contributed by atoms with Crippen LogP contribution in [0.4, 0.5) is 8.78 Å². The summed E-state index contributed by atoms with van der Waals surface area (Å²) in [7, 11) is 0. The van der Waals surface area contributed by atoms with Gasteiger partial charge in [-0.15, -0.1) is 0 Å². The van der Waals surface area contributed by atoms with E-state index in [4.69, 9.17) is 5.73 Å². The number of benzene rings is 1. The predicted molar refractivity (Wildman–Crippen MR) is 74.5 cm³/mol. The number of hydrogen-bond donors (Lipinski definition) is 2. The van der Waals surface area contributed by atoms with Gasteiger partial charge in [-0.1, -0.05) is 26.8 Å². The van der Waals surface area contributed by atoms with Crippen molar-refractivity contribution < 1.29 is 8.78 Å². The summed E-state index contributed by atoms with van der Waals surface area (Å²) in [5, 5.41) is 7.22. The number of halogens is 2. The SMILES string of the molecule is CC(C)(C)c1cc(C(CN)c2ccc(F)c(F)c2)[nH]n1. The van der Waals surface area contributed by atoms with Gasteiger partial charge in [0.25, 0.3) is 0 Å². The average molecular weight is 279 g/mol. The van der Waals surface area contributed by atoms with E-state index in [1.54, 1.807) is 6.07 Å². The summed E-state index contributed by atoms with van der Waals surface area (Å²) in [5.74, 6) is -1.95. The molecule has 1 aromatic carbocycles. The third-order valence-electron chi connectivity index (χ3n) is 3.32.